The first-order valence-electron chi connectivity index (χ1n) is 9.20. The maximum atomic E-state index is 4.58. The molecule has 1 N–H and O–H groups in total. The standard InChI is InChI=1S/C21H36N2/c1-7-13-23-21-11-9-19(10-12-21)15-20(14-16(3)8-2)17(4)18(5)22-6/h7,13-14,18-19,21-22H,1,8-12,15H2,2-6H3/b16-14+,20-17-,23-13-. The van der Waals surface area contributed by atoms with Crippen LogP contribution >= 0.6 is 0 Å². The molecule has 2 nitrogen and oxygen atoms in total. The van der Waals surface area contributed by atoms with Crippen molar-refractivity contribution in [2.24, 2.45) is 10.9 Å². The summed E-state index contributed by atoms with van der Waals surface area (Å²) in [4.78, 5) is 4.58. The van der Waals surface area contributed by atoms with Crippen LogP contribution in [-0.4, -0.2) is 25.3 Å². The fraction of sp³-hybridized carbons (Fsp3) is 0.667. The number of nitrogens with zero attached hydrogens (tertiary/aromatic N) is 1. The van der Waals surface area contributed by atoms with Gasteiger partial charge in [-0.1, -0.05) is 36.8 Å². The Morgan fingerprint density at radius 1 is 1.26 bits per heavy atom. The van der Waals surface area contributed by atoms with Crippen LogP contribution in [0.5, 0.6) is 0 Å². The highest BCUT2D eigenvalue weighted by atomic mass is 14.9. The van der Waals surface area contributed by atoms with E-state index in [1.807, 2.05) is 13.3 Å². The molecule has 0 aliphatic heterocycles. The quantitative estimate of drug-likeness (QED) is 0.466. The third-order valence-electron chi connectivity index (χ3n) is 5.29. The molecule has 0 spiro atoms. The molecule has 0 bridgehead atoms. The van der Waals surface area contributed by atoms with Gasteiger partial charge in [-0.05, 0) is 77.8 Å². The summed E-state index contributed by atoms with van der Waals surface area (Å²) in [5, 5.41) is 3.39. The second-order valence-electron chi connectivity index (χ2n) is 6.98. The Balaban J connectivity index is 2.76. The molecular weight excluding hydrogens is 280 g/mol. The molecular formula is C21H36N2. The van der Waals surface area contributed by atoms with Gasteiger partial charge in [-0.3, -0.25) is 4.99 Å². The van der Waals surface area contributed by atoms with Crippen LogP contribution in [0, 0.1) is 5.92 Å². The maximum Gasteiger partial charge on any atom is 0.0499 e. The lowest BCUT2D eigenvalue weighted by atomic mass is 9.81. The number of nitrogens with one attached hydrogen (secondary N) is 1. The molecule has 0 aromatic rings. The van der Waals surface area contributed by atoms with Gasteiger partial charge in [-0.25, -0.2) is 0 Å². The van der Waals surface area contributed by atoms with E-state index in [2.05, 4.69) is 50.7 Å². The molecule has 23 heavy (non-hydrogen) atoms. The van der Waals surface area contributed by atoms with Crippen molar-refractivity contribution in [3.63, 3.8) is 0 Å². The molecule has 1 unspecified atom stereocenters. The van der Waals surface area contributed by atoms with Gasteiger partial charge in [0.25, 0.3) is 0 Å². The van der Waals surface area contributed by atoms with E-state index in [0.29, 0.717) is 12.1 Å². The van der Waals surface area contributed by atoms with Crippen LogP contribution in [0.4, 0.5) is 0 Å². The van der Waals surface area contributed by atoms with Gasteiger partial charge in [0, 0.05) is 18.3 Å². The van der Waals surface area contributed by atoms with E-state index in [1.165, 1.54) is 43.3 Å². The molecule has 0 amide bonds. The number of aliphatic imine (C=N–C) groups is 1. The summed E-state index contributed by atoms with van der Waals surface area (Å²) < 4.78 is 0. The first-order chi connectivity index (χ1) is 11.0. The van der Waals surface area contributed by atoms with Crippen molar-refractivity contribution < 1.29 is 0 Å². The molecule has 0 saturated heterocycles. The Hall–Kier alpha value is -1.15. The highest BCUT2D eigenvalue weighted by molar-refractivity contribution is 5.70. The molecule has 130 valence electrons. The molecule has 2 heteroatoms. The van der Waals surface area contributed by atoms with Crippen LogP contribution in [0.25, 0.3) is 0 Å². The summed E-state index contributed by atoms with van der Waals surface area (Å²) in [5.74, 6) is 0.806. The van der Waals surface area contributed by atoms with Crippen LogP contribution in [0.1, 0.15) is 66.2 Å². The van der Waals surface area contributed by atoms with Crippen LogP contribution in [0.2, 0.25) is 0 Å². The Kier molecular flexibility index (Phi) is 9.16. The predicted molar refractivity (Wildman–Crippen MR) is 104 cm³/mol. The lowest BCUT2D eigenvalue weighted by molar-refractivity contribution is 0.326. The molecule has 1 aliphatic rings. The average Bonchev–Trinajstić information content (AvgIpc) is 2.58. The van der Waals surface area contributed by atoms with Gasteiger partial charge in [-0.15, -0.1) is 0 Å². The molecule has 0 heterocycles. The third kappa shape index (κ3) is 6.87. The van der Waals surface area contributed by atoms with E-state index in [0.717, 1.165) is 12.3 Å². The minimum atomic E-state index is 0.444. The largest absolute Gasteiger partial charge is 0.314 e. The zero-order valence-electron chi connectivity index (χ0n) is 15.9. The second kappa shape index (κ2) is 10.6. The minimum absolute atomic E-state index is 0.444. The van der Waals surface area contributed by atoms with Crippen molar-refractivity contribution in [2.75, 3.05) is 7.05 Å². The van der Waals surface area contributed by atoms with Gasteiger partial charge in [-0.2, -0.15) is 0 Å². The van der Waals surface area contributed by atoms with Crippen LogP contribution in [-0.2, 0) is 0 Å². The van der Waals surface area contributed by atoms with Gasteiger partial charge in [0.2, 0.25) is 0 Å². The fourth-order valence-electron chi connectivity index (χ4n) is 3.22. The summed E-state index contributed by atoms with van der Waals surface area (Å²) in [7, 11) is 2.05. The van der Waals surface area contributed by atoms with E-state index < -0.39 is 0 Å². The third-order valence-corrected chi connectivity index (χ3v) is 5.29. The van der Waals surface area contributed by atoms with Crippen molar-refractivity contribution in [1.29, 1.82) is 0 Å². The van der Waals surface area contributed by atoms with Crippen molar-refractivity contribution in [3.8, 4) is 0 Å². The van der Waals surface area contributed by atoms with E-state index in [4.69, 9.17) is 0 Å². The normalized spacial score (nSPS) is 25.3. The zero-order valence-corrected chi connectivity index (χ0v) is 15.9. The summed E-state index contributed by atoms with van der Waals surface area (Å²) >= 11 is 0. The van der Waals surface area contributed by atoms with Gasteiger partial charge >= 0.3 is 0 Å². The summed E-state index contributed by atoms with van der Waals surface area (Å²) in [5.41, 5.74) is 4.52. The summed E-state index contributed by atoms with van der Waals surface area (Å²) in [6, 6.07) is 0.960. The second-order valence-corrected chi connectivity index (χ2v) is 6.98. The fourth-order valence-corrected chi connectivity index (χ4v) is 3.22. The molecule has 1 fully saturated rings. The molecule has 0 radical (unpaired) electrons. The number of hydrogen-bond acceptors (Lipinski definition) is 2. The molecule has 1 rings (SSSR count). The Bertz CT molecular complexity index is 448. The van der Waals surface area contributed by atoms with Gasteiger partial charge < -0.3 is 5.32 Å². The van der Waals surface area contributed by atoms with Crippen LogP contribution in [0.15, 0.2) is 40.4 Å². The van der Waals surface area contributed by atoms with E-state index in [1.54, 1.807) is 11.6 Å². The predicted octanol–water partition coefficient (Wildman–Crippen LogP) is 5.47. The first-order valence-corrected chi connectivity index (χ1v) is 9.20. The van der Waals surface area contributed by atoms with Crippen molar-refractivity contribution in [2.45, 2.75) is 78.3 Å². The molecule has 1 saturated carbocycles. The zero-order chi connectivity index (χ0) is 17.2. The first kappa shape index (κ1) is 19.9. The average molecular weight is 317 g/mol. The topological polar surface area (TPSA) is 24.4 Å². The highest BCUT2D eigenvalue weighted by Gasteiger charge is 2.21. The minimum Gasteiger partial charge on any atom is -0.314 e. The molecule has 1 aliphatic carbocycles. The van der Waals surface area contributed by atoms with Crippen LogP contribution < -0.4 is 5.32 Å². The Morgan fingerprint density at radius 2 is 1.91 bits per heavy atom. The monoisotopic (exact) mass is 316 g/mol. The Morgan fingerprint density at radius 3 is 2.43 bits per heavy atom. The maximum absolute atomic E-state index is 4.58. The van der Waals surface area contributed by atoms with E-state index in [-0.39, 0.29) is 0 Å². The molecule has 0 aromatic carbocycles. The van der Waals surface area contributed by atoms with Crippen molar-refractivity contribution in [1.82, 2.24) is 5.32 Å². The SMILES string of the molecule is C=C/C=N\C1CCC(CC(/C=C(\C)CC)=C(/C)C(C)NC)CC1. The molecule has 1 atom stereocenters. The lowest BCUT2D eigenvalue weighted by Gasteiger charge is -2.28. The van der Waals surface area contributed by atoms with Crippen molar-refractivity contribution >= 4 is 6.21 Å². The molecule has 0 aromatic heterocycles. The van der Waals surface area contributed by atoms with Gasteiger partial charge in [0.05, 0.1) is 0 Å². The smallest absolute Gasteiger partial charge is 0.0499 e. The highest BCUT2D eigenvalue weighted by Crippen LogP contribution is 2.32. The van der Waals surface area contributed by atoms with Crippen LogP contribution in [0.3, 0.4) is 0 Å². The van der Waals surface area contributed by atoms with E-state index >= 15 is 0 Å². The number of rotatable bonds is 8. The lowest BCUT2D eigenvalue weighted by Crippen LogP contribution is -2.24. The number of likely N-dealkylation sites (N-methyl/N-ethyl adjacent to an activating group) is 1. The Labute approximate surface area is 143 Å². The van der Waals surface area contributed by atoms with Gasteiger partial charge in [0.15, 0.2) is 0 Å². The number of hydrogen-bond donors (Lipinski definition) is 1. The van der Waals surface area contributed by atoms with E-state index in [9.17, 15) is 0 Å². The number of allylic oxidation sites excluding steroid dienone is 4. The summed E-state index contributed by atoms with van der Waals surface area (Å²) in [6.45, 7) is 12.7. The summed E-state index contributed by atoms with van der Waals surface area (Å²) in [6.07, 6.45) is 13.5. The van der Waals surface area contributed by atoms with Crippen molar-refractivity contribution in [3.05, 3.63) is 35.5 Å². The van der Waals surface area contributed by atoms with Gasteiger partial charge in [0.1, 0.15) is 0 Å².